The van der Waals surface area contributed by atoms with Crippen LogP contribution in [0.5, 0.6) is 5.75 Å². The lowest BCUT2D eigenvalue weighted by Gasteiger charge is -2.29. The average Bonchev–Trinajstić information content (AvgIpc) is 2.64. The molecule has 0 unspecified atom stereocenters. The summed E-state index contributed by atoms with van der Waals surface area (Å²) in [6, 6.07) is 17.0. The van der Waals surface area contributed by atoms with Crippen molar-refractivity contribution in [3.8, 4) is 5.75 Å². The summed E-state index contributed by atoms with van der Waals surface area (Å²) >= 11 is 5.94. The first-order chi connectivity index (χ1) is 12.2. The van der Waals surface area contributed by atoms with E-state index in [0.29, 0.717) is 0 Å². The lowest BCUT2D eigenvalue weighted by molar-refractivity contribution is 0.355. The van der Waals surface area contributed by atoms with Gasteiger partial charge in [0.1, 0.15) is 5.82 Å². The van der Waals surface area contributed by atoms with Crippen LogP contribution in [0.2, 0.25) is 5.02 Å². The van der Waals surface area contributed by atoms with Gasteiger partial charge < -0.3 is 4.90 Å². The highest BCUT2D eigenvalue weighted by Crippen LogP contribution is 2.26. The van der Waals surface area contributed by atoms with Crippen LogP contribution < -0.4 is 4.90 Å². The molecule has 0 amide bonds. The molecule has 0 atom stereocenters. The molecular weight excluding hydrogens is 332 g/mol. The number of halogens is 1. The lowest BCUT2D eigenvalue weighted by Crippen LogP contribution is -2.31. The molecule has 0 saturated carbocycles. The maximum atomic E-state index is 11.4. The number of rotatable bonds is 2. The van der Waals surface area contributed by atoms with Crippen LogP contribution in [0.3, 0.4) is 0 Å². The minimum atomic E-state index is 0.0250. The number of hydrogen-bond donors (Lipinski definition) is 0. The molecule has 125 valence electrons. The molecule has 1 radical (unpaired) electrons. The fraction of sp³-hybridized carbons (Fsp3) is 0.190. The van der Waals surface area contributed by atoms with E-state index < -0.39 is 0 Å². The molecule has 2 heterocycles. The smallest absolute Gasteiger partial charge is 0.179 e. The van der Waals surface area contributed by atoms with Gasteiger partial charge in [-0.25, -0.2) is 4.98 Å². The molecule has 4 rings (SSSR count). The Labute approximate surface area is 152 Å². The molecule has 0 bridgehead atoms. The molecule has 0 N–H and O–H groups in total. The predicted molar refractivity (Wildman–Crippen MR) is 103 cm³/mol. The van der Waals surface area contributed by atoms with E-state index in [9.17, 15) is 5.11 Å². The second-order valence-corrected chi connectivity index (χ2v) is 6.80. The number of anilines is 1. The standard InChI is InChI=1S/C21H18ClN2O/c22-18-4-1-15(2-5-18)13-16-9-11-24(12-10-16)21-8-3-17-14-19(25)6-7-20(17)23-21/h1-8,13-14H,9-12H2. The monoisotopic (exact) mass is 349 g/mol. The third-order valence-electron chi connectivity index (χ3n) is 4.62. The molecule has 1 fully saturated rings. The third-order valence-corrected chi connectivity index (χ3v) is 4.87. The Bertz CT molecular complexity index is 924. The van der Waals surface area contributed by atoms with Gasteiger partial charge in [-0.1, -0.05) is 35.4 Å². The Morgan fingerprint density at radius 3 is 2.48 bits per heavy atom. The number of nitrogens with zero attached hydrogens (tertiary/aromatic N) is 2. The number of fused-ring (bicyclic) bond motifs is 1. The number of pyridine rings is 1. The van der Waals surface area contributed by atoms with E-state index in [1.807, 2.05) is 24.3 Å². The lowest BCUT2D eigenvalue weighted by atomic mass is 10.0. The number of aromatic nitrogens is 1. The quantitative estimate of drug-likeness (QED) is 0.593. The fourth-order valence-electron chi connectivity index (χ4n) is 3.23. The van der Waals surface area contributed by atoms with Crippen LogP contribution in [0.4, 0.5) is 5.82 Å². The van der Waals surface area contributed by atoms with Crippen LogP contribution in [0, 0.1) is 0 Å². The maximum Gasteiger partial charge on any atom is 0.179 e. The van der Waals surface area contributed by atoms with Gasteiger partial charge in [-0.15, -0.1) is 0 Å². The summed E-state index contributed by atoms with van der Waals surface area (Å²) in [4.78, 5) is 7.02. The minimum absolute atomic E-state index is 0.0250. The summed E-state index contributed by atoms with van der Waals surface area (Å²) in [6.07, 6.45) is 4.32. The zero-order chi connectivity index (χ0) is 17.2. The van der Waals surface area contributed by atoms with Gasteiger partial charge in [0, 0.05) is 23.5 Å². The summed E-state index contributed by atoms with van der Waals surface area (Å²) < 4.78 is 0. The van der Waals surface area contributed by atoms with Crippen molar-refractivity contribution < 1.29 is 5.11 Å². The number of hydrogen-bond acceptors (Lipinski definition) is 2. The first-order valence-electron chi connectivity index (χ1n) is 8.45. The third kappa shape index (κ3) is 3.62. The van der Waals surface area contributed by atoms with Gasteiger partial charge >= 0.3 is 0 Å². The van der Waals surface area contributed by atoms with Crippen molar-refractivity contribution in [3.63, 3.8) is 0 Å². The molecule has 0 spiro atoms. The Kier molecular flexibility index (Phi) is 4.33. The van der Waals surface area contributed by atoms with Crippen molar-refractivity contribution in [2.75, 3.05) is 18.0 Å². The Hall–Kier alpha value is -2.52. The Morgan fingerprint density at radius 1 is 0.960 bits per heavy atom. The zero-order valence-electron chi connectivity index (χ0n) is 13.8. The summed E-state index contributed by atoms with van der Waals surface area (Å²) in [5.41, 5.74) is 3.53. The van der Waals surface area contributed by atoms with Crippen LogP contribution in [0.1, 0.15) is 18.4 Å². The molecule has 1 aliphatic rings. The predicted octanol–water partition coefficient (Wildman–Crippen LogP) is 5.72. The van der Waals surface area contributed by atoms with Crippen LogP contribution >= 0.6 is 11.6 Å². The van der Waals surface area contributed by atoms with E-state index in [4.69, 9.17) is 16.6 Å². The summed E-state index contributed by atoms with van der Waals surface area (Å²) in [5.74, 6) is 1.01. The molecule has 4 heteroatoms. The topological polar surface area (TPSA) is 36.0 Å². The van der Waals surface area contributed by atoms with Crippen LogP contribution in [-0.2, 0) is 5.11 Å². The van der Waals surface area contributed by atoms with Crippen molar-refractivity contribution in [2.24, 2.45) is 0 Å². The first-order valence-corrected chi connectivity index (χ1v) is 8.83. The molecule has 1 aromatic heterocycles. The zero-order valence-corrected chi connectivity index (χ0v) is 14.5. The molecule has 0 aliphatic carbocycles. The highest BCUT2D eigenvalue weighted by molar-refractivity contribution is 6.30. The van der Waals surface area contributed by atoms with Gasteiger partial charge in [-0.05, 0) is 60.9 Å². The van der Waals surface area contributed by atoms with E-state index in [1.54, 1.807) is 18.2 Å². The normalized spacial score (nSPS) is 14.8. The van der Waals surface area contributed by atoms with Gasteiger partial charge in [0.15, 0.2) is 5.75 Å². The number of piperidine rings is 1. The number of benzene rings is 2. The molecule has 2 aromatic carbocycles. The van der Waals surface area contributed by atoms with E-state index in [0.717, 1.165) is 47.7 Å². The molecule has 3 aromatic rings. The van der Waals surface area contributed by atoms with E-state index in [1.165, 1.54) is 11.1 Å². The highest BCUT2D eigenvalue weighted by atomic mass is 35.5. The molecule has 1 aliphatic heterocycles. The summed E-state index contributed by atoms with van der Waals surface area (Å²) in [6.45, 7) is 1.91. The molecule has 3 nitrogen and oxygen atoms in total. The van der Waals surface area contributed by atoms with Crippen LogP contribution in [0.15, 0.2) is 60.2 Å². The summed E-state index contributed by atoms with van der Waals surface area (Å²) in [7, 11) is 0. The van der Waals surface area contributed by atoms with Crippen molar-refractivity contribution in [1.82, 2.24) is 4.98 Å². The molecular formula is C21H18ClN2O. The SMILES string of the molecule is [O]c1ccc2nc(N3CCC(=Cc4ccc(Cl)cc4)CC3)ccc2c1. The van der Waals surface area contributed by atoms with Gasteiger partial charge in [0.05, 0.1) is 5.52 Å². The first kappa shape index (κ1) is 16.0. The van der Waals surface area contributed by atoms with Gasteiger partial charge in [0.2, 0.25) is 0 Å². The summed E-state index contributed by atoms with van der Waals surface area (Å²) in [5, 5.41) is 13.1. The Balaban J connectivity index is 1.48. The van der Waals surface area contributed by atoms with Gasteiger partial charge in [-0.3, -0.25) is 5.11 Å². The van der Waals surface area contributed by atoms with E-state index in [-0.39, 0.29) is 5.75 Å². The van der Waals surface area contributed by atoms with Crippen LogP contribution in [0.25, 0.3) is 17.0 Å². The second-order valence-electron chi connectivity index (χ2n) is 6.37. The van der Waals surface area contributed by atoms with E-state index in [2.05, 4.69) is 23.1 Å². The Morgan fingerprint density at radius 2 is 1.72 bits per heavy atom. The highest BCUT2D eigenvalue weighted by Gasteiger charge is 2.15. The minimum Gasteiger partial charge on any atom is -0.356 e. The molecule has 1 saturated heterocycles. The van der Waals surface area contributed by atoms with Gasteiger partial charge in [-0.2, -0.15) is 0 Å². The van der Waals surface area contributed by atoms with E-state index >= 15 is 0 Å². The fourth-order valence-corrected chi connectivity index (χ4v) is 3.36. The van der Waals surface area contributed by atoms with Crippen molar-refractivity contribution in [2.45, 2.75) is 12.8 Å². The van der Waals surface area contributed by atoms with Crippen molar-refractivity contribution >= 4 is 34.4 Å². The second kappa shape index (κ2) is 6.77. The molecule has 25 heavy (non-hydrogen) atoms. The van der Waals surface area contributed by atoms with Crippen molar-refractivity contribution in [1.29, 1.82) is 0 Å². The van der Waals surface area contributed by atoms with Crippen LogP contribution in [-0.4, -0.2) is 18.1 Å². The average molecular weight is 350 g/mol. The van der Waals surface area contributed by atoms with Crippen molar-refractivity contribution in [3.05, 3.63) is 70.8 Å². The maximum absolute atomic E-state index is 11.4. The van der Waals surface area contributed by atoms with Gasteiger partial charge in [0.25, 0.3) is 0 Å². The largest absolute Gasteiger partial charge is 0.356 e.